The zero-order valence-electron chi connectivity index (χ0n) is 20.8. The number of morpholine rings is 1. The van der Waals surface area contributed by atoms with E-state index in [2.05, 4.69) is 21.1 Å². The van der Waals surface area contributed by atoms with E-state index in [1.165, 1.54) is 17.7 Å². The van der Waals surface area contributed by atoms with Crippen molar-refractivity contribution in [3.05, 3.63) is 71.6 Å². The first-order valence-corrected chi connectivity index (χ1v) is 13.6. The molecule has 8 nitrogen and oxygen atoms in total. The molecule has 2 aliphatic heterocycles. The first kappa shape index (κ1) is 24.4. The third-order valence-electron chi connectivity index (χ3n) is 7.52. The van der Waals surface area contributed by atoms with Crippen LogP contribution in [-0.4, -0.2) is 76.4 Å². The van der Waals surface area contributed by atoms with E-state index in [0.717, 1.165) is 48.6 Å². The number of fused-ring (bicyclic) bond motifs is 2. The largest absolute Gasteiger partial charge is 0.384 e. The second-order valence-electron chi connectivity index (χ2n) is 9.84. The molecule has 0 radical (unpaired) electrons. The summed E-state index contributed by atoms with van der Waals surface area (Å²) in [6, 6.07) is 8.37. The number of anilines is 1. The van der Waals surface area contributed by atoms with Gasteiger partial charge in [-0.25, -0.2) is 17.6 Å². The van der Waals surface area contributed by atoms with E-state index in [-0.39, 0.29) is 11.2 Å². The molecule has 0 spiro atoms. The van der Waals surface area contributed by atoms with Gasteiger partial charge in [0.25, 0.3) is 0 Å². The van der Waals surface area contributed by atoms with Crippen LogP contribution in [-0.2, 0) is 26.9 Å². The molecule has 6 rings (SSSR count). The Labute approximate surface area is 218 Å². The Morgan fingerprint density at radius 3 is 2.70 bits per heavy atom. The van der Waals surface area contributed by atoms with E-state index in [4.69, 9.17) is 9.47 Å². The topological polar surface area (TPSA) is 72.7 Å². The van der Waals surface area contributed by atoms with Crippen molar-refractivity contribution in [2.75, 3.05) is 58.0 Å². The monoisotopic (exact) mass is 523 g/mol. The minimum absolute atomic E-state index is 0.270. The number of halogens is 1. The fraction of sp³-hybridized carbons (Fsp3) is 0.407. The average molecular weight is 524 g/mol. The first-order chi connectivity index (χ1) is 18.1. The Balaban J connectivity index is 1.27. The standard InChI is InChI=1S/C27H30FN5O3S/c1-35-19-27-14-20-15-30-33(23-4-2-22(28)3-5-23)26(20)12-21(27)6-7-32(18-27)37(34)25-13-24(16-29-17-25)31-8-10-36-11-9-31/h2-5,12-13,15-17H,6-11,14,18-19H2,1H3/t27-,37?/m1/s1. The Morgan fingerprint density at radius 2 is 1.92 bits per heavy atom. The molecule has 3 aliphatic rings. The molecule has 37 heavy (non-hydrogen) atoms. The van der Waals surface area contributed by atoms with Gasteiger partial charge in [-0.05, 0) is 54.8 Å². The van der Waals surface area contributed by atoms with Crippen LogP contribution in [0.1, 0.15) is 17.7 Å². The van der Waals surface area contributed by atoms with Crippen LogP contribution < -0.4 is 4.90 Å². The summed E-state index contributed by atoms with van der Waals surface area (Å²) >= 11 is 0. The molecule has 2 atom stereocenters. The maximum absolute atomic E-state index is 13.8. The molecule has 2 fully saturated rings. The van der Waals surface area contributed by atoms with Crippen LogP contribution in [0, 0.1) is 11.2 Å². The van der Waals surface area contributed by atoms with Crippen LogP contribution in [0.3, 0.4) is 0 Å². The van der Waals surface area contributed by atoms with E-state index in [9.17, 15) is 8.60 Å². The van der Waals surface area contributed by atoms with E-state index >= 15 is 0 Å². The van der Waals surface area contributed by atoms with Gasteiger partial charge < -0.3 is 14.4 Å². The highest BCUT2D eigenvalue weighted by atomic mass is 32.2. The molecule has 0 N–H and O–H groups in total. The molecule has 1 aromatic carbocycles. The van der Waals surface area contributed by atoms with Crippen molar-refractivity contribution in [3.8, 4) is 5.69 Å². The van der Waals surface area contributed by atoms with Crippen molar-refractivity contribution in [2.45, 2.75) is 17.7 Å². The van der Waals surface area contributed by atoms with Gasteiger partial charge in [0.1, 0.15) is 16.8 Å². The van der Waals surface area contributed by atoms with Gasteiger partial charge in [0, 0.05) is 44.9 Å². The number of benzene rings is 1. The summed E-state index contributed by atoms with van der Waals surface area (Å²) in [6.45, 7) is 4.80. The van der Waals surface area contributed by atoms with Crippen molar-refractivity contribution >= 4 is 22.7 Å². The van der Waals surface area contributed by atoms with Crippen molar-refractivity contribution in [1.82, 2.24) is 19.1 Å². The lowest BCUT2D eigenvalue weighted by atomic mass is 9.69. The Bertz CT molecular complexity index is 1340. The Morgan fingerprint density at radius 1 is 1.11 bits per heavy atom. The second kappa shape index (κ2) is 10.1. The van der Waals surface area contributed by atoms with Gasteiger partial charge >= 0.3 is 0 Å². The van der Waals surface area contributed by atoms with Crippen LogP contribution >= 0.6 is 0 Å². The second-order valence-corrected chi connectivity index (χ2v) is 11.3. The van der Waals surface area contributed by atoms with Gasteiger partial charge in [-0.3, -0.25) is 4.98 Å². The minimum atomic E-state index is -1.34. The zero-order chi connectivity index (χ0) is 25.4. The summed E-state index contributed by atoms with van der Waals surface area (Å²) in [7, 11) is 0.378. The summed E-state index contributed by atoms with van der Waals surface area (Å²) in [5, 5.41) is 4.62. The van der Waals surface area contributed by atoms with Gasteiger partial charge in [0.2, 0.25) is 0 Å². The number of ether oxygens (including phenoxy) is 2. The quantitative estimate of drug-likeness (QED) is 0.494. The summed E-state index contributed by atoms with van der Waals surface area (Å²) in [4.78, 5) is 7.34. The van der Waals surface area contributed by atoms with E-state index in [1.54, 1.807) is 25.4 Å². The normalized spacial score (nSPS) is 22.8. The Kier molecular flexibility index (Phi) is 6.66. The molecule has 1 aliphatic carbocycles. The van der Waals surface area contributed by atoms with Crippen LogP contribution in [0.25, 0.3) is 11.8 Å². The number of rotatable bonds is 6. The van der Waals surface area contributed by atoms with Crippen LogP contribution in [0.2, 0.25) is 0 Å². The lowest BCUT2D eigenvalue weighted by Crippen LogP contribution is -2.50. The average Bonchev–Trinajstić information content (AvgIpc) is 3.34. The van der Waals surface area contributed by atoms with E-state index in [0.29, 0.717) is 37.8 Å². The third kappa shape index (κ3) is 4.63. The lowest BCUT2D eigenvalue weighted by molar-refractivity contribution is 0.0746. The predicted octanol–water partition coefficient (Wildman–Crippen LogP) is 3.24. The SMILES string of the molecule is COC[C@]12Cc3cnn(-c4ccc(F)cc4)c3C=C1CCN(S(=O)c1cncc(N3CCOCC3)c1)C2. The summed E-state index contributed by atoms with van der Waals surface area (Å²) in [5.41, 5.74) is 4.92. The number of piperidine rings is 1. The number of hydrogen-bond donors (Lipinski definition) is 0. The molecule has 3 aromatic rings. The molecule has 1 unspecified atom stereocenters. The molecule has 2 saturated heterocycles. The maximum Gasteiger partial charge on any atom is 0.129 e. The number of pyridine rings is 1. The molecular weight excluding hydrogens is 493 g/mol. The Hall–Kier alpha value is -2.92. The molecule has 0 amide bonds. The molecule has 0 saturated carbocycles. The highest BCUT2D eigenvalue weighted by Gasteiger charge is 2.44. The predicted molar refractivity (Wildman–Crippen MR) is 139 cm³/mol. The summed E-state index contributed by atoms with van der Waals surface area (Å²) in [6.07, 6.45) is 9.14. The van der Waals surface area contributed by atoms with Crippen LogP contribution in [0.15, 0.2) is 59.4 Å². The fourth-order valence-electron chi connectivity index (χ4n) is 5.68. The van der Waals surface area contributed by atoms with Crippen molar-refractivity contribution in [1.29, 1.82) is 0 Å². The van der Waals surface area contributed by atoms with Gasteiger partial charge in [-0.2, -0.15) is 5.10 Å². The molecule has 0 bridgehead atoms. The van der Waals surface area contributed by atoms with Gasteiger partial charge in [-0.15, -0.1) is 0 Å². The number of aromatic nitrogens is 3. The smallest absolute Gasteiger partial charge is 0.129 e. The van der Waals surface area contributed by atoms with Gasteiger partial charge in [0.05, 0.1) is 54.2 Å². The van der Waals surface area contributed by atoms with Crippen molar-refractivity contribution in [2.24, 2.45) is 5.41 Å². The lowest BCUT2D eigenvalue weighted by Gasteiger charge is -2.45. The zero-order valence-corrected chi connectivity index (χ0v) is 21.6. The third-order valence-corrected chi connectivity index (χ3v) is 8.93. The first-order valence-electron chi connectivity index (χ1n) is 12.5. The minimum Gasteiger partial charge on any atom is -0.384 e. The number of hydrogen-bond acceptors (Lipinski definition) is 6. The van der Waals surface area contributed by atoms with Crippen LogP contribution in [0.4, 0.5) is 10.1 Å². The highest BCUT2D eigenvalue weighted by Crippen LogP contribution is 2.45. The number of methoxy groups -OCH3 is 1. The molecule has 10 heteroatoms. The van der Waals surface area contributed by atoms with E-state index < -0.39 is 11.0 Å². The van der Waals surface area contributed by atoms with Crippen LogP contribution in [0.5, 0.6) is 0 Å². The van der Waals surface area contributed by atoms with E-state index in [1.807, 2.05) is 27.4 Å². The molecule has 4 heterocycles. The summed E-state index contributed by atoms with van der Waals surface area (Å²) in [5.74, 6) is -0.270. The molecule has 2 aromatic heterocycles. The maximum atomic E-state index is 13.8. The molecular formula is C27H30FN5O3S. The fourth-order valence-corrected chi connectivity index (χ4v) is 6.97. The molecule has 194 valence electrons. The summed E-state index contributed by atoms with van der Waals surface area (Å²) < 4.78 is 42.3. The van der Waals surface area contributed by atoms with Crippen molar-refractivity contribution in [3.63, 3.8) is 0 Å². The van der Waals surface area contributed by atoms with Gasteiger partial charge in [0.15, 0.2) is 0 Å². The highest BCUT2D eigenvalue weighted by molar-refractivity contribution is 7.82. The van der Waals surface area contributed by atoms with Crippen molar-refractivity contribution < 1.29 is 18.1 Å². The van der Waals surface area contributed by atoms with Gasteiger partial charge in [-0.1, -0.05) is 5.57 Å². The number of nitrogens with zero attached hydrogens (tertiary/aromatic N) is 5.